The molecule has 0 fully saturated rings. The van der Waals surface area contributed by atoms with E-state index in [9.17, 15) is 40.7 Å². The van der Waals surface area contributed by atoms with Crippen molar-refractivity contribution in [3.63, 3.8) is 0 Å². The Hall–Kier alpha value is -4.27. The standard InChI is InChI=1S/C37H43F8N3O4/c1-9-52-30(50)17-27(32-33(38)24(15-26(34(32)39)37(43,44)45)31-21(5)13-20(4)14-22(31)6)46-35(51)28(12-19(2)3)48-18-23(10-11-47(7)8)25(16-29(48)49)36(40,41)42/h13-16,18-19,27-28H,9-12,17H2,1-8H3,(H,46,51)/t27-,28?/m0/s1. The number of carbonyl (C=O) groups excluding carboxylic acids is 2. The molecule has 0 saturated carbocycles. The Balaban J connectivity index is 2.32. The molecule has 3 aromatic rings. The minimum atomic E-state index is -5.34. The molecule has 2 atom stereocenters. The number of nitrogens with zero attached hydrogens (tertiary/aromatic N) is 2. The van der Waals surface area contributed by atoms with Crippen LogP contribution in [0.25, 0.3) is 11.1 Å². The largest absolute Gasteiger partial charge is 0.466 e. The maximum atomic E-state index is 16.7. The van der Waals surface area contributed by atoms with Gasteiger partial charge in [-0.15, -0.1) is 0 Å². The number of halogens is 8. The number of hydrogen-bond acceptors (Lipinski definition) is 5. The van der Waals surface area contributed by atoms with Crippen molar-refractivity contribution in [1.29, 1.82) is 0 Å². The number of likely N-dealkylation sites (N-methyl/N-ethyl adjacent to an activating group) is 1. The van der Waals surface area contributed by atoms with Crippen LogP contribution in [0, 0.1) is 38.3 Å². The zero-order valence-corrected chi connectivity index (χ0v) is 30.2. The number of ether oxygens (including phenoxy) is 1. The molecule has 1 N–H and O–H groups in total. The molecule has 0 aliphatic heterocycles. The summed E-state index contributed by atoms with van der Waals surface area (Å²) in [6, 6.07) is 0.178. The topological polar surface area (TPSA) is 80.6 Å². The van der Waals surface area contributed by atoms with Gasteiger partial charge in [-0.05, 0) is 88.9 Å². The first-order valence-electron chi connectivity index (χ1n) is 16.6. The van der Waals surface area contributed by atoms with Crippen molar-refractivity contribution < 1.29 is 49.4 Å². The van der Waals surface area contributed by atoms with Crippen LogP contribution in [0.2, 0.25) is 0 Å². The van der Waals surface area contributed by atoms with Crippen LogP contribution in [0.5, 0.6) is 0 Å². The van der Waals surface area contributed by atoms with E-state index in [1.165, 1.54) is 20.8 Å². The summed E-state index contributed by atoms with van der Waals surface area (Å²) in [6.45, 7) is 9.42. The van der Waals surface area contributed by atoms with Gasteiger partial charge in [-0.25, -0.2) is 8.78 Å². The summed E-state index contributed by atoms with van der Waals surface area (Å²) < 4.78 is 123. The molecule has 1 unspecified atom stereocenters. The van der Waals surface area contributed by atoms with Crippen LogP contribution < -0.4 is 10.9 Å². The first kappa shape index (κ1) is 42.1. The molecule has 7 nitrogen and oxygen atoms in total. The maximum absolute atomic E-state index is 16.7. The molecule has 0 bridgehead atoms. The lowest BCUT2D eigenvalue weighted by molar-refractivity contribution is -0.144. The molecule has 0 radical (unpaired) electrons. The minimum absolute atomic E-state index is 0.0373. The van der Waals surface area contributed by atoms with Gasteiger partial charge in [0.25, 0.3) is 5.56 Å². The smallest absolute Gasteiger partial charge is 0.419 e. The Morgan fingerprint density at radius 2 is 1.48 bits per heavy atom. The SMILES string of the molecule is CCOC(=O)C[C@H](NC(=O)C(CC(C)C)n1cc(CCN(C)C)c(C(F)(F)F)cc1=O)c1c(F)c(-c2c(C)cc(C)cc2C)cc(C(F)(F)F)c1F. The van der Waals surface area contributed by atoms with Gasteiger partial charge in [-0.2, -0.15) is 26.3 Å². The number of hydrogen-bond donors (Lipinski definition) is 1. The molecule has 0 spiro atoms. The van der Waals surface area contributed by atoms with E-state index in [0.29, 0.717) is 23.3 Å². The molecule has 1 aromatic heterocycles. The normalized spacial score (nSPS) is 13.4. The summed E-state index contributed by atoms with van der Waals surface area (Å²) in [4.78, 5) is 41.7. The van der Waals surface area contributed by atoms with E-state index in [2.05, 4.69) is 5.32 Å². The summed E-state index contributed by atoms with van der Waals surface area (Å²) >= 11 is 0. The van der Waals surface area contributed by atoms with Crippen molar-refractivity contribution >= 4 is 11.9 Å². The summed E-state index contributed by atoms with van der Waals surface area (Å²) in [5, 5.41) is 2.27. The lowest BCUT2D eigenvalue weighted by Gasteiger charge is -2.28. The van der Waals surface area contributed by atoms with E-state index in [4.69, 9.17) is 4.74 Å². The molecule has 0 aliphatic rings. The van der Waals surface area contributed by atoms with Gasteiger partial charge in [-0.3, -0.25) is 14.4 Å². The first-order valence-corrected chi connectivity index (χ1v) is 16.6. The Bertz CT molecular complexity index is 1830. The number of amides is 1. The van der Waals surface area contributed by atoms with Crippen molar-refractivity contribution in [2.45, 2.75) is 85.2 Å². The summed E-state index contributed by atoms with van der Waals surface area (Å²) in [5.74, 6) is -6.24. The number of pyridine rings is 1. The summed E-state index contributed by atoms with van der Waals surface area (Å²) in [6.07, 6.45) is -10.7. The van der Waals surface area contributed by atoms with Crippen LogP contribution in [0.4, 0.5) is 35.1 Å². The quantitative estimate of drug-likeness (QED) is 0.141. The van der Waals surface area contributed by atoms with E-state index >= 15 is 8.78 Å². The molecular formula is C37H43F8N3O4. The van der Waals surface area contributed by atoms with Gasteiger partial charge >= 0.3 is 18.3 Å². The third-order valence-electron chi connectivity index (χ3n) is 8.46. The molecular weight excluding hydrogens is 702 g/mol. The molecule has 0 aliphatic carbocycles. The minimum Gasteiger partial charge on any atom is -0.466 e. The number of esters is 1. The summed E-state index contributed by atoms with van der Waals surface area (Å²) in [7, 11) is 3.25. The molecule has 286 valence electrons. The molecule has 52 heavy (non-hydrogen) atoms. The van der Waals surface area contributed by atoms with Crippen molar-refractivity contribution in [2.75, 3.05) is 27.2 Å². The second kappa shape index (κ2) is 16.6. The number of benzene rings is 2. The van der Waals surface area contributed by atoms with E-state index < -0.39 is 82.2 Å². The van der Waals surface area contributed by atoms with E-state index in [1.807, 2.05) is 0 Å². The lowest BCUT2D eigenvalue weighted by atomic mass is 9.88. The van der Waals surface area contributed by atoms with Crippen LogP contribution in [0.3, 0.4) is 0 Å². The van der Waals surface area contributed by atoms with Gasteiger partial charge in [0, 0.05) is 29.9 Å². The Morgan fingerprint density at radius 1 is 0.904 bits per heavy atom. The van der Waals surface area contributed by atoms with E-state index in [0.717, 1.165) is 16.3 Å². The molecule has 1 amide bonds. The van der Waals surface area contributed by atoms with E-state index in [1.54, 1.807) is 51.9 Å². The summed E-state index contributed by atoms with van der Waals surface area (Å²) in [5.41, 5.74) is -4.99. The highest BCUT2D eigenvalue weighted by atomic mass is 19.4. The maximum Gasteiger partial charge on any atom is 0.419 e. The average molecular weight is 746 g/mol. The van der Waals surface area contributed by atoms with E-state index in [-0.39, 0.29) is 43.0 Å². The number of nitrogens with one attached hydrogen (secondary N) is 1. The number of aryl methyl sites for hydroxylation is 3. The lowest BCUT2D eigenvalue weighted by Crippen LogP contribution is -2.41. The number of aromatic nitrogens is 1. The monoisotopic (exact) mass is 745 g/mol. The first-order chi connectivity index (χ1) is 24.0. The fourth-order valence-corrected chi connectivity index (χ4v) is 6.27. The molecule has 1 heterocycles. The number of alkyl halides is 6. The van der Waals surface area contributed by atoms with Crippen LogP contribution >= 0.6 is 0 Å². The van der Waals surface area contributed by atoms with Crippen molar-refractivity contribution in [1.82, 2.24) is 14.8 Å². The van der Waals surface area contributed by atoms with Crippen LogP contribution in [-0.4, -0.2) is 48.6 Å². The fourth-order valence-electron chi connectivity index (χ4n) is 6.27. The second-order valence-corrected chi connectivity index (χ2v) is 13.5. The van der Waals surface area contributed by atoms with Gasteiger partial charge in [0.15, 0.2) is 0 Å². The zero-order chi connectivity index (χ0) is 39.5. The van der Waals surface area contributed by atoms with Crippen LogP contribution in [0.15, 0.2) is 35.3 Å². The van der Waals surface area contributed by atoms with Crippen LogP contribution in [-0.2, 0) is 33.1 Å². The predicted octanol–water partition coefficient (Wildman–Crippen LogP) is 8.26. The van der Waals surface area contributed by atoms with Crippen molar-refractivity contribution in [2.24, 2.45) is 5.92 Å². The zero-order valence-electron chi connectivity index (χ0n) is 30.2. The second-order valence-electron chi connectivity index (χ2n) is 13.5. The Kier molecular flexibility index (Phi) is 13.5. The average Bonchev–Trinajstić information content (AvgIpc) is 2.98. The highest BCUT2D eigenvalue weighted by Gasteiger charge is 2.41. The van der Waals surface area contributed by atoms with Crippen LogP contribution in [0.1, 0.15) is 84.6 Å². The molecule has 2 aromatic carbocycles. The molecule has 3 rings (SSSR count). The Morgan fingerprint density at radius 3 is 1.98 bits per heavy atom. The molecule has 15 heteroatoms. The Labute approximate surface area is 297 Å². The van der Waals surface area contributed by atoms with Crippen molar-refractivity contribution in [3.05, 3.63) is 91.4 Å². The third kappa shape index (κ3) is 9.98. The van der Waals surface area contributed by atoms with Gasteiger partial charge in [0.1, 0.15) is 17.7 Å². The number of rotatable bonds is 13. The van der Waals surface area contributed by atoms with Gasteiger partial charge in [0.2, 0.25) is 5.91 Å². The van der Waals surface area contributed by atoms with Crippen molar-refractivity contribution in [3.8, 4) is 11.1 Å². The number of carbonyl (C=O) groups is 2. The highest BCUT2D eigenvalue weighted by molar-refractivity contribution is 5.82. The fraction of sp³-hybridized carbons (Fsp3) is 0.486. The van der Waals surface area contributed by atoms with Gasteiger partial charge in [-0.1, -0.05) is 31.5 Å². The molecule has 0 saturated heterocycles. The van der Waals surface area contributed by atoms with Gasteiger partial charge < -0.3 is 19.5 Å². The predicted molar refractivity (Wildman–Crippen MR) is 180 cm³/mol. The highest BCUT2D eigenvalue weighted by Crippen LogP contribution is 2.42. The van der Waals surface area contributed by atoms with Gasteiger partial charge in [0.05, 0.1) is 30.2 Å². The third-order valence-corrected chi connectivity index (χ3v) is 8.46.